The molecule has 204 valence electrons. The summed E-state index contributed by atoms with van der Waals surface area (Å²) in [5.74, 6) is 0.0497. The molecule has 40 heavy (non-hydrogen) atoms. The first kappa shape index (κ1) is 27.1. The van der Waals surface area contributed by atoms with Gasteiger partial charge in [-0.1, -0.05) is 36.0 Å². The lowest BCUT2D eigenvalue weighted by Crippen LogP contribution is -2.41. The number of ether oxygens (including phenoxy) is 1. The van der Waals surface area contributed by atoms with Crippen molar-refractivity contribution >= 4 is 51.9 Å². The number of amidine groups is 2. The molecule has 0 fully saturated rings. The largest absolute Gasteiger partial charge is 0.497 e. The predicted octanol–water partition coefficient (Wildman–Crippen LogP) is 4.26. The van der Waals surface area contributed by atoms with E-state index in [2.05, 4.69) is 20.6 Å². The lowest BCUT2D eigenvalue weighted by atomic mass is 10.1. The van der Waals surface area contributed by atoms with Crippen molar-refractivity contribution in [3.8, 4) is 5.75 Å². The molecule has 3 amide bonds. The van der Waals surface area contributed by atoms with Gasteiger partial charge in [-0.25, -0.2) is 14.3 Å². The van der Waals surface area contributed by atoms with Gasteiger partial charge in [-0.3, -0.25) is 19.4 Å². The van der Waals surface area contributed by atoms with E-state index in [9.17, 15) is 18.8 Å². The normalized spacial score (nSPS) is 15.5. The number of halogens is 1. The Morgan fingerprint density at radius 1 is 1.02 bits per heavy atom. The smallest absolute Gasteiger partial charge is 0.259 e. The quantitative estimate of drug-likeness (QED) is 0.407. The second-order valence-corrected chi connectivity index (χ2v) is 10.0. The monoisotopic (exact) mass is 559 g/mol. The van der Waals surface area contributed by atoms with E-state index < -0.39 is 6.04 Å². The summed E-state index contributed by atoms with van der Waals surface area (Å²) in [5, 5.41) is 5.97. The molecule has 0 aliphatic carbocycles. The zero-order chi connectivity index (χ0) is 28.1. The Hall–Kier alpha value is -4.51. The number of rotatable bonds is 9. The maximum atomic E-state index is 13.4. The number of hydrogen-bond donors (Lipinski definition) is 2. The summed E-state index contributed by atoms with van der Waals surface area (Å²) in [6, 6.07) is 19.5. The maximum Gasteiger partial charge on any atom is 0.259 e. The average molecular weight is 560 g/mol. The predicted molar refractivity (Wildman–Crippen MR) is 152 cm³/mol. The summed E-state index contributed by atoms with van der Waals surface area (Å²) in [7, 11) is 1.57. The molecule has 2 heterocycles. The third-order valence-electron chi connectivity index (χ3n) is 6.30. The number of para-hydroxylation sites is 1. The summed E-state index contributed by atoms with van der Waals surface area (Å²) in [5.41, 5.74) is 2.77. The first-order chi connectivity index (χ1) is 19.4. The average Bonchev–Trinajstić information content (AvgIpc) is 3.31. The van der Waals surface area contributed by atoms with E-state index in [4.69, 9.17) is 4.74 Å². The van der Waals surface area contributed by atoms with Crippen molar-refractivity contribution in [3.05, 3.63) is 89.7 Å². The molecule has 0 saturated carbocycles. The third-order valence-corrected chi connectivity index (χ3v) is 7.24. The number of aliphatic imine (C=N–C) groups is 2. The van der Waals surface area contributed by atoms with Gasteiger partial charge in [0.2, 0.25) is 11.8 Å². The fourth-order valence-corrected chi connectivity index (χ4v) is 5.05. The van der Waals surface area contributed by atoms with Gasteiger partial charge in [0.1, 0.15) is 23.4 Å². The van der Waals surface area contributed by atoms with Gasteiger partial charge in [0.15, 0.2) is 5.17 Å². The Morgan fingerprint density at radius 3 is 2.52 bits per heavy atom. The number of carbonyl (C=O) groups is 3. The number of methoxy groups -OCH3 is 1. The van der Waals surface area contributed by atoms with Gasteiger partial charge in [-0.15, -0.1) is 0 Å². The van der Waals surface area contributed by atoms with Crippen LogP contribution in [-0.4, -0.2) is 52.5 Å². The van der Waals surface area contributed by atoms with E-state index in [1.165, 1.54) is 17.0 Å². The maximum absolute atomic E-state index is 13.4. The van der Waals surface area contributed by atoms with Crippen LogP contribution in [0.4, 0.5) is 15.8 Å². The summed E-state index contributed by atoms with van der Waals surface area (Å²) >= 11 is 1.14. The molecule has 5 rings (SSSR count). The highest BCUT2D eigenvalue weighted by atomic mass is 32.2. The van der Waals surface area contributed by atoms with E-state index in [-0.39, 0.29) is 48.7 Å². The number of carbonyl (C=O) groups excluding carboxylic acids is 3. The van der Waals surface area contributed by atoms with Crippen LogP contribution in [-0.2, 0) is 20.9 Å². The van der Waals surface area contributed by atoms with Crippen LogP contribution < -0.4 is 15.4 Å². The van der Waals surface area contributed by atoms with Crippen molar-refractivity contribution in [1.29, 1.82) is 0 Å². The van der Waals surface area contributed by atoms with E-state index in [0.29, 0.717) is 33.7 Å². The molecule has 11 heteroatoms. The highest BCUT2D eigenvalue weighted by Crippen LogP contribution is 2.34. The second kappa shape index (κ2) is 12.1. The highest BCUT2D eigenvalue weighted by Gasteiger charge is 2.41. The Bertz CT molecular complexity index is 1490. The van der Waals surface area contributed by atoms with Crippen molar-refractivity contribution in [2.75, 3.05) is 18.2 Å². The topological polar surface area (TPSA) is 112 Å². The van der Waals surface area contributed by atoms with Crippen LogP contribution in [0.5, 0.6) is 5.75 Å². The Balaban J connectivity index is 1.22. The van der Waals surface area contributed by atoms with Gasteiger partial charge in [0, 0.05) is 24.2 Å². The number of amides is 3. The molecule has 2 aliphatic heterocycles. The lowest BCUT2D eigenvalue weighted by molar-refractivity contribution is -0.125. The van der Waals surface area contributed by atoms with Gasteiger partial charge in [-0.05, 0) is 60.5 Å². The zero-order valence-electron chi connectivity index (χ0n) is 21.6. The van der Waals surface area contributed by atoms with Crippen LogP contribution >= 0.6 is 11.8 Å². The van der Waals surface area contributed by atoms with Crippen LogP contribution in [0.1, 0.15) is 24.0 Å². The fraction of sp³-hybridized carbons (Fsp3) is 0.207. The van der Waals surface area contributed by atoms with Gasteiger partial charge in [0.25, 0.3) is 5.91 Å². The molecule has 2 N–H and O–H groups in total. The molecule has 3 aromatic carbocycles. The Morgan fingerprint density at radius 2 is 1.77 bits per heavy atom. The second-order valence-electron chi connectivity index (χ2n) is 9.06. The molecular formula is C29H26FN5O4S. The van der Waals surface area contributed by atoms with E-state index in [0.717, 1.165) is 17.3 Å². The molecule has 0 bridgehead atoms. The van der Waals surface area contributed by atoms with E-state index >= 15 is 0 Å². The number of thioether (sulfide) groups is 1. The van der Waals surface area contributed by atoms with Crippen molar-refractivity contribution < 1.29 is 23.5 Å². The first-order valence-electron chi connectivity index (χ1n) is 12.6. The summed E-state index contributed by atoms with van der Waals surface area (Å²) in [6.07, 6.45) is 0.305. The fourth-order valence-electron chi connectivity index (χ4n) is 4.25. The van der Waals surface area contributed by atoms with Crippen LogP contribution in [0, 0.1) is 5.82 Å². The molecule has 0 saturated heterocycles. The highest BCUT2D eigenvalue weighted by molar-refractivity contribution is 8.14. The Labute approximate surface area is 234 Å². The Kier molecular flexibility index (Phi) is 8.20. The number of fused-ring (bicyclic) bond motifs is 3. The minimum atomic E-state index is -0.753. The van der Waals surface area contributed by atoms with Crippen LogP contribution in [0.15, 0.2) is 82.8 Å². The van der Waals surface area contributed by atoms with Gasteiger partial charge >= 0.3 is 0 Å². The molecule has 0 spiro atoms. The van der Waals surface area contributed by atoms with E-state index in [1.54, 1.807) is 43.5 Å². The molecule has 1 atom stereocenters. The summed E-state index contributed by atoms with van der Waals surface area (Å²) in [4.78, 5) is 49.2. The third kappa shape index (κ3) is 6.20. The van der Waals surface area contributed by atoms with Crippen molar-refractivity contribution in [2.24, 2.45) is 9.98 Å². The van der Waals surface area contributed by atoms with E-state index in [1.807, 2.05) is 24.3 Å². The minimum absolute atomic E-state index is 0.0283. The molecule has 2 aliphatic rings. The zero-order valence-corrected chi connectivity index (χ0v) is 22.4. The summed E-state index contributed by atoms with van der Waals surface area (Å²) in [6.45, 7) is 0.262. The number of hydrogen-bond acceptors (Lipinski definition) is 7. The van der Waals surface area contributed by atoms with Crippen molar-refractivity contribution in [3.63, 3.8) is 0 Å². The number of anilines is 1. The van der Waals surface area contributed by atoms with Gasteiger partial charge in [-0.2, -0.15) is 0 Å². The molecular weight excluding hydrogens is 533 g/mol. The van der Waals surface area contributed by atoms with Gasteiger partial charge < -0.3 is 15.4 Å². The van der Waals surface area contributed by atoms with Crippen LogP contribution in [0.3, 0.4) is 0 Å². The minimum Gasteiger partial charge on any atom is -0.497 e. The number of benzene rings is 3. The molecule has 9 nitrogen and oxygen atoms in total. The lowest BCUT2D eigenvalue weighted by Gasteiger charge is -2.25. The van der Waals surface area contributed by atoms with Crippen LogP contribution in [0.25, 0.3) is 0 Å². The number of nitrogens with zero attached hydrogens (tertiary/aromatic N) is 3. The van der Waals surface area contributed by atoms with Crippen LogP contribution in [0.2, 0.25) is 0 Å². The first-order valence-corrected chi connectivity index (χ1v) is 13.6. The van der Waals surface area contributed by atoms with Gasteiger partial charge in [0.05, 0.1) is 18.6 Å². The SMILES string of the molecule is COc1ccc(NC(=O)CSC2=Nc3ccccc3C3=N[C@H](CCC(=O)NCc4ccc(F)cc4)C(=O)N23)cc1. The number of nitrogens with one attached hydrogen (secondary N) is 2. The van der Waals surface area contributed by atoms with Crippen molar-refractivity contribution in [2.45, 2.75) is 25.4 Å². The standard InChI is InChI=1S/C29H26FN5O4S/c1-39-21-12-10-20(11-13-21)32-26(37)17-40-29-34-23-5-3-2-4-22(23)27-33-24(28(38)35(27)29)14-15-25(36)31-16-18-6-8-19(30)9-7-18/h2-13,24H,14-17H2,1H3,(H,31,36)(H,32,37)/t24-/m1/s1. The van der Waals surface area contributed by atoms with Crippen molar-refractivity contribution in [1.82, 2.24) is 10.2 Å². The molecule has 0 unspecified atom stereocenters. The molecule has 3 aromatic rings. The summed E-state index contributed by atoms with van der Waals surface area (Å²) < 4.78 is 18.2. The molecule has 0 aromatic heterocycles. The molecule has 0 radical (unpaired) electrons.